The minimum absolute atomic E-state index is 1.06. The molecular formula is C14H10N4S2. The molecule has 4 rings (SSSR count). The molecule has 98 valence electrons. The first kappa shape index (κ1) is 11.6. The molecule has 0 fully saturated rings. The SMILES string of the molecule is c1ncc(-c2ccc(-c3ccc(-c4cnc[nH]4)s3)s2)[nH]1. The van der Waals surface area contributed by atoms with Gasteiger partial charge in [0.1, 0.15) is 0 Å². The first-order chi connectivity index (χ1) is 9.90. The molecule has 0 aliphatic rings. The molecule has 0 saturated carbocycles. The monoisotopic (exact) mass is 298 g/mol. The number of hydrogen-bond donors (Lipinski definition) is 2. The highest BCUT2D eigenvalue weighted by Crippen LogP contribution is 2.39. The summed E-state index contributed by atoms with van der Waals surface area (Å²) in [7, 11) is 0. The quantitative estimate of drug-likeness (QED) is 0.594. The van der Waals surface area contributed by atoms with Crippen molar-refractivity contribution in [2.45, 2.75) is 0 Å². The van der Waals surface area contributed by atoms with Crippen LogP contribution in [0.25, 0.3) is 30.9 Å². The maximum atomic E-state index is 4.06. The molecule has 0 radical (unpaired) electrons. The van der Waals surface area contributed by atoms with E-state index in [-0.39, 0.29) is 0 Å². The highest BCUT2D eigenvalue weighted by molar-refractivity contribution is 7.25. The smallest absolute Gasteiger partial charge is 0.0924 e. The second-order valence-electron chi connectivity index (χ2n) is 4.26. The molecule has 0 amide bonds. The molecule has 0 aromatic carbocycles. The Balaban J connectivity index is 1.68. The lowest BCUT2D eigenvalue weighted by atomic mass is 10.3. The van der Waals surface area contributed by atoms with E-state index in [1.165, 1.54) is 19.5 Å². The Bertz CT molecular complexity index is 739. The molecule has 0 saturated heterocycles. The van der Waals surface area contributed by atoms with Gasteiger partial charge in [0.05, 0.1) is 46.2 Å². The van der Waals surface area contributed by atoms with E-state index >= 15 is 0 Å². The number of hydrogen-bond acceptors (Lipinski definition) is 4. The molecule has 0 bridgehead atoms. The minimum Gasteiger partial charge on any atom is -0.344 e. The molecular weight excluding hydrogens is 288 g/mol. The van der Waals surface area contributed by atoms with E-state index in [4.69, 9.17) is 0 Å². The van der Waals surface area contributed by atoms with E-state index in [1.807, 2.05) is 12.4 Å². The van der Waals surface area contributed by atoms with Gasteiger partial charge in [0.25, 0.3) is 0 Å². The Labute approximate surface area is 123 Å². The van der Waals surface area contributed by atoms with Crippen LogP contribution < -0.4 is 0 Å². The van der Waals surface area contributed by atoms with Gasteiger partial charge < -0.3 is 9.97 Å². The number of nitrogens with one attached hydrogen (secondary N) is 2. The molecule has 4 aromatic rings. The van der Waals surface area contributed by atoms with Crippen molar-refractivity contribution >= 4 is 22.7 Å². The van der Waals surface area contributed by atoms with Gasteiger partial charge in [-0.15, -0.1) is 22.7 Å². The van der Waals surface area contributed by atoms with Crippen molar-refractivity contribution in [3.8, 4) is 30.9 Å². The molecule has 0 spiro atoms. The lowest BCUT2D eigenvalue weighted by Crippen LogP contribution is -1.66. The molecule has 20 heavy (non-hydrogen) atoms. The standard InChI is InChI=1S/C14H10N4S2/c1-3-13(19-11(1)9-5-15-7-17-9)14-4-2-12(20-14)10-6-16-8-18-10/h1-8H,(H,15,17)(H,16,18). The Hall–Kier alpha value is -2.18. The van der Waals surface area contributed by atoms with Gasteiger partial charge in [-0.1, -0.05) is 0 Å². The zero-order valence-corrected chi connectivity index (χ0v) is 12.0. The van der Waals surface area contributed by atoms with Crippen LogP contribution in [0, 0.1) is 0 Å². The van der Waals surface area contributed by atoms with Crippen LogP contribution in [0.2, 0.25) is 0 Å². The first-order valence-corrected chi connectivity index (χ1v) is 7.71. The Morgan fingerprint density at radius 1 is 0.650 bits per heavy atom. The van der Waals surface area contributed by atoms with Gasteiger partial charge in [-0.2, -0.15) is 0 Å². The van der Waals surface area contributed by atoms with Crippen molar-refractivity contribution in [2.24, 2.45) is 0 Å². The van der Waals surface area contributed by atoms with E-state index in [2.05, 4.69) is 44.2 Å². The predicted octanol–water partition coefficient (Wildman–Crippen LogP) is 4.26. The lowest BCUT2D eigenvalue weighted by Gasteiger charge is -1.91. The van der Waals surface area contributed by atoms with Crippen LogP contribution in [-0.4, -0.2) is 19.9 Å². The van der Waals surface area contributed by atoms with E-state index in [0.29, 0.717) is 0 Å². The van der Waals surface area contributed by atoms with Gasteiger partial charge in [-0.3, -0.25) is 0 Å². The molecule has 0 aliphatic carbocycles. The third-order valence-corrected chi connectivity index (χ3v) is 5.42. The first-order valence-electron chi connectivity index (χ1n) is 6.08. The third-order valence-electron chi connectivity index (χ3n) is 2.98. The molecule has 0 aliphatic heterocycles. The number of nitrogens with zero attached hydrogens (tertiary/aromatic N) is 2. The van der Waals surface area contributed by atoms with E-state index in [9.17, 15) is 0 Å². The average Bonchev–Trinajstić information content (AvgIpc) is 3.22. The van der Waals surface area contributed by atoms with Crippen LogP contribution >= 0.6 is 22.7 Å². The minimum atomic E-state index is 1.06. The fourth-order valence-corrected chi connectivity index (χ4v) is 4.06. The van der Waals surface area contributed by atoms with Crippen LogP contribution in [0.5, 0.6) is 0 Å². The van der Waals surface area contributed by atoms with E-state index < -0.39 is 0 Å². The summed E-state index contributed by atoms with van der Waals surface area (Å²) >= 11 is 3.54. The summed E-state index contributed by atoms with van der Waals surface area (Å²) in [5.74, 6) is 0. The van der Waals surface area contributed by atoms with Gasteiger partial charge in [0.15, 0.2) is 0 Å². The summed E-state index contributed by atoms with van der Waals surface area (Å²) in [5, 5.41) is 0. The average molecular weight is 298 g/mol. The maximum Gasteiger partial charge on any atom is 0.0924 e. The number of aromatic nitrogens is 4. The second-order valence-corrected chi connectivity index (χ2v) is 6.43. The molecule has 4 nitrogen and oxygen atoms in total. The van der Waals surface area contributed by atoms with Crippen molar-refractivity contribution in [1.82, 2.24) is 19.9 Å². The molecule has 6 heteroatoms. The highest BCUT2D eigenvalue weighted by atomic mass is 32.1. The van der Waals surface area contributed by atoms with Gasteiger partial charge >= 0.3 is 0 Å². The van der Waals surface area contributed by atoms with Gasteiger partial charge in [0, 0.05) is 9.75 Å². The highest BCUT2D eigenvalue weighted by Gasteiger charge is 2.09. The number of aromatic amines is 2. The third kappa shape index (κ3) is 1.99. The predicted molar refractivity (Wildman–Crippen MR) is 82.8 cm³/mol. The maximum absolute atomic E-state index is 4.06. The molecule has 2 N–H and O–H groups in total. The fraction of sp³-hybridized carbons (Fsp3) is 0. The summed E-state index contributed by atoms with van der Waals surface area (Å²) in [4.78, 5) is 19.3. The normalized spacial score (nSPS) is 11.0. The van der Waals surface area contributed by atoms with Crippen LogP contribution in [0.1, 0.15) is 0 Å². The molecule has 4 heterocycles. The zero-order chi connectivity index (χ0) is 13.4. The van der Waals surface area contributed by atoms with E-state index in [0.717, 1.165) is 11.4 Å². The molecule has 4 aromatic heterocycles. The zero-order valence-electron chi connectivity index (χ0n) is 10.3. The Morgan fingerprint density at radius 2 is 1.10 bits per heavy atom. The van der Waals surface area contributed by atoms with Gasteiger partial charge in [0.2, 0.25) is 0 Å². The summed E-state index contributed by atoms with van der Waals surface area (Å²) in [6.45, 7) is 0. The van der Waals surface area contributed by atoms with Gasteiger partial charge in [-0.25, -0.2) is 9.97 Å². The Kier molecular flexibility index (Phi) is 2.75. The van der Waals surface area contributed by atoms with Crippen LogP contribution in [-0.2, 0) is 0 Å². The lowest BCUT2D eigenvalue weighted by molar-refractivity contribution is 1.32. The largest absolute Gasteiger partial charge is 0.344 e. The summed E-state index contributed by atoms with van der Waals surface area (Å²) in [6.07, 6.45) is 7.10. The van der Waals surface area contributed by atoms with Crippen molar-refractivity contribution in [2.75, 3.05) is 0 Å². The summed E-state index contributed by atoms with van der Waals surface area (Å²) in [5.41, 5.74) is 2.12. The van der Waals surface area contributed by atoms with Crippen LogP contribution in [0.15, 0.2) is 49.3 Å². The van der Waals surface area contributed by atoms with Gasteiger partial charge in [-0.05, 0) is 24.3 Å². The topological polar surface area (TPSA) is 57.4 Å². The summed E-state index contributed by atoms with van der Waals surface area (Å²) in [6, 6.07) is 8.57. The van der Waals surface area contributed by atoms with Crippen molar-refractivity contribution in [1.29, 1.82) is 0 Å². The molecule has 0 atom stereocenters. The van der Waals surface area contributed by atoms with Crippen molar-refractivity contribution in [3.05, 3.63) is 49.3 Å². The van der Waals surface area contributed by atoms with Crippen LogP contribution in [0.4, 0.5) is 0 Å². The van der Waals surface area contributed by atoms with Crippen molar-refractivity contribution in [3.63, 3.8) is 0 Å². The number of imidazole rings is 2. The summed E-state index contributed by atoms with van der Waals surface area (Å²) < 4.78 is 0. The second kappa shape index (κ2) is 4.73. The van der Waals surface area contributed by atoms with E-state index in [1.54, 1.807) is 35.3 Å². The number of thiophene rings is 2. The number of rotatable bonds is 3. The number of H-pyrrole nitrogens is 2. The molecule has 0 unspecified atom stereocenters. The Morgan fingerprint density at radius 3 is 1.50 bits per heavy atom. The fourth-order valence-electron chi connectivity index (χ4n) is 2.01. The van der Waals surface area contributed by atoms with Crippen molar-refractivity contribution < 1.29 is 0 Å². The van der Waals surface area contributed by atoms with Crippen LogP contribution in [0.3, 0.4) is 0 Å².